The average Bonchev–Trinajstić information content (AvgIpc) is 2.55. The third-order valence-electron chi connectivity index (χ3n) is 5.14. The monoisotopic (exact) mass is 291 g/mol. The summed E-state index contributed by atoms with van der Waals surface area (Å²) in [6.07, 6.45) is 3.71. The topological polar surface area (TPSA) is 64.7 Å². The second-order valence-electron chi connectivity index (χ2n) is 6.55. The zero-order chi connectivity index (χ0) is 14.9. The van der Waals surface area contributed by atoms with E-state index in [-0.39, 0.29) is 5.41 Å². The minimum atomic E-state index is -0.536. The maximum absolute atomic E-state index is 10.9. The van der Waals surface area contributed by atoms with Crippen LogP contribution in [0.1, 0.15) is 44.3 Å². The van der Waals surface area contributed by atoms with Crippen LogP contribution in [0.2, 0.25) is 0 Å². The van der Waals surface area contributed by atoms with Crippen molar-refractivity contribution in [3.05, 3.63) is 23.8 Å². The molecule has 3 rings (SSSR count). The quantitative estimate of drug-likeness (QED) is 0.898. The van der Waals surface area contributed by atoms with E-state index in [2.05, 4.69) is 6.92 Å². The molecule has 0 saturated heterocycles. The van der Waals surface area contributed by atoms with E-state index in [0.717, 1.165) is 48.7 Å². The fourth-order valence-electron chi connectivity index (χ4n) is 3.51. The van der Waals surface area contributed by atoms with Crippen molar-refractivity contribution in [2.45, 2.75) is 38.7 Å². The summed E-state index contributed by atoms with van der Waals surface area (Å²) >= 11 is 0. The Kier molecular flexibility index (Phi) is 4.09. The molecule has 0 bridgehead atoms. The van der Waals surface area contributed by atoms with Crippen molar-refractivity contribution in [3.8, 4) is 11.5 Å². The molecule has 3 N–H and O–H groups in total. The molecule has 1 aromatic rings. The van der Waals surface area contributed by atoms with Crippen LogP contribution in [0.15, 0.2) is 18.2 Å². The van der Waals surface area contributed by atoms with Gasteiger partial charge in [0.2, 0.25) is 0 Å². The van der Waals surface area contributed by atoms with Gasteiger partial charge in [-0.1, -0.05) is 25.8 Å². The lowest BCUT2D eigenvalue weighted by atomic mass is 9.66. The van der Waals surface area contributed by atoms with E-state index >= 15 is 0 Å². The molecular weight excluding hydrogens is 266 g/mol. The molecule has 21 heavy (non-hydrogen) atoms. The highest BCUT2D eigenvalue weighted by atomic mass is 16.6. The van der Waals surface area contributed by atoms with Gasteiger partial charge in [0.15, 0.2) is 11.5 Å². The van der Waals surface area contributed by atoms with Gasteiger partial charge in [0.05, 0.1) is 6.10 Å². The molecule has 1 aliphatic heterocycles. The van der Waals surface area contributed by atoms with Gasteiger partial charge in [-0.2, -0.15) is 0 Å². The van der Waals surface area contributed by atoms with E-state index in [4.69, 9.17) is 15.2 Å². The number of nitrogens with two attached hydrogens (primary N) is 1. The van der Waals surface area contributed by atoms with Crippen LogP contribution in [0.5, 0.6) is 11.5 Å². The van der Waals surface area contributed by atoms with Gasteiger partial charge >= 0.3 is 0 Å². The lowest BCUT2D eigenvalue weighted by Crippen LogP contribution is -2.40. The predicted octanol–water partition coefficient (Wildman–Crippen LogP) is 2.65. The number of fused-ring (bicyclic) bond motifs is 1. The minimum Gasteiger partial charge on any atom is -0.486 e. The summed E-state index contributed by atoms with van der Waals surface area (Å²) < 4.78 is 11.2. The first kappa shape index (κ1) is 14.7. The van der Waals surface area contributed by atoms with Crippen molar-refractivity contribution >= 4 is 0 Å². The summed E-state index contributed by atoms with van der Waals surface area (Å²) in [6.45, 7) is 3.94. The molecule has 0 radical (unpaired) electrons. The maximum Gasteiger partial charge on any atom is 0.161 e. The highest BCUT2D eigenvalue weighted by Gasteiger charge is 2.40. The summed E-state index contributed by atoms with van der Waals surface area (Å²) in [5, 5.41) is 10.9. The molecule has 1 aromatic carbocycles. The van der Waals surface area contributed by atoms with Crippen LogP contribution >= 0.6 is 0 Å². The smallest absolute Gasteiger partial charge is 0.161 e. The minimum absolute atomic E-state index is 0.198. The normalized spacial score (nSPS) is 30.0. The van der Waals surface area contributed by atoms with Crippen LogP contribution in [0.3, 0.4) is 0 Å². The van der Waals surface area contributed by atoms with Crippen LogP contribution in [0.25, 0.3) is 0 Å². The van der Waals surface area contributed by atoms with Crippen LogP contribution in [-0.2, 0) is 0 Å². The highest BCUT2D eigenvalue weighted by Crippen LogP contribution is 2.47. The molecule has 4 heteroatoms. The van der Waals surface area contributed by atoms with E-state index in [1.807, 2.05) is 18.2 Å². The number of hydrogen-bond acceptors (Lipinski definition) is 4. The molecule has 2 aliphatic rings. The Morgan fingerprint density at radius 1 is 1.24 bits per heavy atom. The second-order valence-corrected chi connectivity index (χ2v) is 6.55. The third-order valence-corrected chi connectivity index (χ3v) is 5.14. The first-order chi connectivity index (χ1) is 10.1. The van der Waals surface area contributed by atoms with Crippen molar-refractivity contribution in [1.29, 1.82) is 0 Å². The Labute approximate surface area is 126 Å². The molecule has 1 aliphatic carbocycles. The maximum atomic E-state index is 10.9. The van der Waals surface area contributed by atoms with Crippen LogP contribution < -0.4 is 15.2 Å². The average molecular weight is 291 g/mol. The van der Waals surface area contributed by atoms with E-state index in [9.17, 15) is 5.11 Å². The number of hydrogen-bond donors (Lipinski definition) is 2. The van der Waals surface area contributed by atoms with Gasteiger partial charge in [-0.3, -0.25) is 0 Å². The SMILES string of the molecule is CC1CCC(CN)(C(O)c2ccc3c(c2)OCCO3)CC1. The lowest BCUT2D eigenvalue weighted by Gasteiger charge is -2.42. The first-order valence-corrected chi connectivity index (χ1v) is 7.92. The van der Waals surface area contributed by atoms with Crippen LogP contribution in [0, 0.1) is 11.3 Å². The van der Waals surface area contributed by atoms with Crippen LogP contribution in [-0.4, -0.2) is 24.9 Å². The van der Waals surface area contributed by atoms with Crippen LogP contribution in [0.4, 0.5) is 0 Å². The zero-order valence-electron chi connectivity index (χ0n) is 12.7. The molecule has 0 aromatic heterocycles. The molecule has 0 amide bonds. The fourth-order valence-corrected chi connectivity index (χ4v) is 3.51. The Bertz CT molecular complexity index is 495. The zero-order valence-corrected chi connectivity index (χ0v) is 12.7. The summed E-state index contributed by atoms with van der Waals surface area (Å²) in [5.41, 5.74) is 6.73. The Morgan fingerprint density at radius 2 is 1.90 bits per heavy atom. The molecule has 1 unspecified atom stereocenters. The van der Waals surface area contributed by atoms with Gasteiger partial charge in [0.1, 0.15) is 13.2 Å². The largest absolute Gasteiger partial charge is 0.486 e. The summed E-state index contributed by atoms with van der Waals surface area (Å²) in [7, 11) is 0. The third kappa shape index (κ3) is 2.74. The highest BCUT2D eigenvalue weighted by molar-refractivity contribution is 5.44. The summed E-state index contributed by atoms with van der Waals surface area (Å²) in [6, 6.07) is 5.74. The number of benzene rings is 1. The number of rotatable bonds is 3. The Morgan fingerprint density at radius 3 is 2.57 bits per heavy atom. The number of aliphatic hydroxyl groups excluding tert-OH is 1. The predicted molar refractivity (Wildman–Crippen MR) is 81.5 cm³/mol. The fraction of sp³-hybridized carbons (Fsp3) is 0.647. The van der Waals surface area contributed by atoms with Crippen molar-refractivity contribution in [1.82, 2.24) is 0 Å². The molecule has 1 atom stereocenters. The van der Waals surface area contributed by atoms with Gasteiger partial charge in [-0.15, -0.1) is 0 Å². The van der Waals surface area contributed by atoms with E-state index in [0.29, 0.717) is 19.8 Å². The molecule has 116 valence electrons. The molecule has 1 fully saturated rings. The van der Waals surface area contributed by atoms with Gasteiger partial charge < -0.3 is 20.3 Å². The lowest BCUT2D eigenvalue weighted by molar-refractivity contribution is -0.00843. The standard InChI is InChI=1S/C17H25NO3/c1-12-4-6-17(11-18,7-5-12)16(19)13-2-3-14-15(10-13)21-9-8-20-14/h2-3,10,12,16,19H,4-9,11,18H2,1H3. The summed E-state index contributed by atoms with van der Waals surface area (Å²) in [5.74, 6) is 2.22. The Hall–Kier alpha value is -1.26. The summed E-state index contributed by atoms with van der Waals surface area (Å²) in [4.78, 5) is 0. The number of aliphatic hydroxyl groups is 1. The van der Waals surface area contributed by atoms with Crippen molar-refractivity contribution < 1.29 is 14.6 Å². The molecule has 0 spiro atoms. The van der Waals surface area contributed by atoms with Gasteiger partial charge in [-0.25, -0.2) is 0 Å². The van der Waals surface area contributed by atoms with Crippen molar-refractivity contribution in [2.24, 2.45) is 17.1 Å². The van der Waals surface area contributed by atoms with Crippen molar-refractivity contribution in [3.63, 3.8) is 0 Å². The van der Waals surface area contributed by atoms with Crippen molar-refractivity contribution in [2.75, 3.05) is 19.8 Å². The van der Waals surface area contributed by atoms with E-state index in [1.54, 1.807) is 0 Å². The second kappa shape index (κ2) is 5.85. The molecular formula is C17H25NO3. The van der Waals surface area contributed by atoms with E-state index < -0.39 is 6.10 Å². The number of ether oxygens (including phenoxy) is 2. The molecule has 4 nitrogen and oxygen atoms in total. The molecule has 1 heterocycles. The van der Waals surface area contributed by atoms with E-state index in [1.165, 1.54) is 0 Å². The Balaban J connectivity index is 1.84. The first-order valence-electron chi connectivity index (χ1n) is 7.92. The van der Waals surface area contributed by atoms with Gasteiger partial charge in [0.25, 0.3) is 0 Å². The van der Waals surface area contributed by atoms with Gasteiger partial charge in [0, 0.05) is 12.0 Å². The molecule has 1 saturated carbocycles. The van der Waals surface area contributed by atoms with Gasteiger partial charge in [-0.05, 0) is 36.5 Å².